The van der Waals surface area contributed by atoms with E-state index in [4.69, 9.17) is 0 Å². The highest BCUT2D eigenvalue weighted by Gasteiger charge is 2.54. The summed E-state index contributed by atoms with van der Waals surface area (Å²) in [5.74, 6) is 0. The molecule has 1 fully saturated rings. The largest absolute Gasteiger partial charge is 0.181 e. The molecule has 0 atom stereocenters. The van der Waals surface area contributed by atoms with Gasteiger partial charge < -0.3 is 0 Å². The van der Waals surface area contributed by atoms with E-state index in [9.17, 15) is 0 Å². The van der Waals surface area contributed by atoms with Gasteiger partial charge in [0.05, 0.1) is 8.55 Å². The molecule has 1 aliphatic heterocycles. The van der Waals surface area contributed by atoms with Crippen LogP contribution in [0.3, 0.4) is 0 Å². The minimum absolute atomic E-state index is 0.00669. The Morgan fingerprint density at radius 2 is 1.67 bits per heavy atom. The molecule has 6 heteroatoms. The van der Waals surface area contributed by atoms with Gasteiger partial charge in [0, 0.05) is 0 Å². The lowest BCUT2D eigenvalue weighted by atomic mass is 27.1. The Bertz CT molecular complexity index is 68.4. The minimum atomic E-state index is -0.793. The summed E-state index contributed by atoms with van der Waals surface area (Å²) in [6.07, 6.45) is 0. The first kappa shape index (κ1) is 6.21. The van der Waals surface area contributed by atoms with Gasteiger partial charge in [-0.15, -0.1) is 45.9 Å². The van der Waals surface area contributed by atoms with Gasteiger partial charge in [-0.1, -0.05) is 0 Å². The molecular formula is Br3Si3. The normalized spacial score (nSPS) is 30.5. The van der Waals surface area contributed by atoms with Crippen molar-refractivity contribution in [2.75, 3.05) is 0 Å². The maximum Gasteiger partial charge on any atom is 0.181 e. The van der Waals surface area contributed by atoms with Gasteiger partial charge in [0.25, 0.3) is 0 Å². The summed E-state index contributed by atoms with van der Waals surface area (Å²) < 4.78 is -0.793. The van der Waals surface area contributed by atoms with E-state index in [1.807, 2.05) is 0 Å². The van der Waals surface area contributed by atoms with E-state index in [1.165, 1.54) is 8.55 Å². The summed E-state index contributed by atoms with van der Waals surface area (Å²) in [6, 6.07) is 0. The summed E-state index contributed by atoms with van der Waals surface area (Å²) in [7, 11) is 1.22. The number of halogens is 3. The number of rotatable bonds is 0. The van der Waals surface area contributed by atoms with Gasteiger partial charge in [-0.05, 0) is 0 Å². The van der Waals surface area contributed by atoms with Crippen LogP contribution in [-0.4, -0.2) is 19.4 Å². The van der Waals surface area contributed by atoms with Crippen molar-refractivity contribution in [2.45, 2.75) is 0 Å². The average molecular weight is 324 g/mol. The van der Waals surface area contributed by atoms with Gasteiger partial charge >= 0.3 is 0 Å². The molecule has 0 aromatic carbocycles. The Balaban J connectivity index is 2.41. The minimum Gasteiger partial charge on any atom is -0.135 e. The number of hydrogen-bond donors (Lipinski definition) is 0. The Morgan fingerprint density at radius 3 is 1.67 bits per heavy atom. The standard InChI is InChI=1S/Br3Si3/c1-5-4-6(5,2)3. The van der Waals surface area contributed by atoms with E-state index in [-0.39, 0.29) is 6.45 Å². The molecule has 0 unspecified atom stereocenters. The predicted octanol–water partition coefficient (Wildman–Crippen LogP) is 1.39. The molecule has 6 heavy (non-hydrogen) atoms. The molecule has 0 amide bonds. The molecule has 0 aromatic heterocycles. The summed E-state index contributed by atoms with van der Waals surface area (Å²) in [6.45, 7) is 0.00669. The van der Waals surface area contributed by atoms with Gasteiger partial charge in [-0.2, -0.15) is 0 Å². The molecule has 33 valence electrons. The molecule has 0 spiro atoms. The molecule has 1 rings (SSSR count). The summed E-state index contributed by atoms with van der Waals surface area (Å²) in [4.78, 5) is 0. The van der Waals surface area contributed by atoms with Crippen LogP contribution < -0.4 is 0 Å². The maximum atomic E-state index is 3.62. The Kier molecular flexibility index (Phi) is 1.86. The van der Waals surface area contributed by atoms with Crippen molar-refractivity contribution in [1.29, 1.82) is 0 Å². The molecule has 1 saturated heterocycles. The van der Waals surface area contributed by atoms with Gasteiger partial charge in [-0.25, -0.2) is 0 Å². The van der Waals surface area contributed by atoms with Crippen molar-refractivity contribution in [1.82, 2.24) is 0 Å². The molecule has 3 radical (unpaired) electrons. The molecule has 0 saturated carbocycles. The zero-order valence-corrected chi connectivity index (χ0v) is 10.4. The first-order valence-electron chi connectivity index (χ1n) is 1.32. The molecule has 1 aliphatic rings. The van der Waals surface area contributed by atoms with Crippen LogP contribution in [0.1, 0.15) is 0 Å². The second-order valence-electron chi connectivity index (χ2n) is 1.01. The highest BCUT2D eigenvalue weighted by Crippen LogP contribution is 2.37. The van der Waals surface area contributed by atoms with Crippen molar-refractivity contribution >= 4 is 65.2 Å². The predicted molar refractivity (Wildman–Crippen MR) is 44.0 cm³/mol. The molecule has 0 aromatic rings. The van der Waals surface area contributed by atoms with Crippen molar-refractivity contribution in [3.8, 4) is 0 Å². The third-order valence-corrected chi connectivity index (χ3v) is 60.5. The van der Waals surface area contributed by atoms with E-state index < -0.39 is 4.35 Å². The fourth-order valence-corrected chi connectivity index (χ4v) is 55.9. The zero-order chi connectivity index (χ0) is 4.78. The zero-order valence-electron chi connectivity index (χ0n) is 2.63. The van der Waals surface area contributed by atoms with Gasteiger partial charge in [0.1, 0.15) is 6.45 Å². The second kappa shape index (κ2) is 1.80. The highest BCUT2D eigenvalue weighted by atomic mass is 79.9. The lowest BCUT2D eigenvalue weighted by molar-refractivity contribution is 4.40. The first-order valence-corrected chi connectivity index (χ1v) is 15.6. The van der Waals surface area contributed by atoms with Crippen LogP contribution in [0.4, 0.5) is 0 Å². The Morgan fingerprint density at radius 1 is 1.50 bits per heavy atom. The van der Waals surface area contributed by atoms with Crippen LogP contribution in [0.15, 0.2) is 0 Å². The molecular weight excluding hydrogens is 324 g/mol. The van der Waals surface area contributed by atoms with E-state index in [1.54, 1.807) is 0 Å². The lowest BCUT2D eigenvalue weighted by Crippen LogP contribution is -1.96. The van der Waals surface area contributed by atoms with Crippen molar-refractivity contribution in [2.24, 2.45) is 0 Å². The second-order valence-corrected chi connectivity index (χ2v) is 42.4. The topological polar surface area (TPSA) is 0 Å². The summed E-state index contributed by atoms with van der Waals surface area (Å²) >= 11 is 10.8. The molecule has 0 aliphatic carbocycles. The van der Waals surface area contributed by atoms with Crippen LogP contribution in [0, 0.1) is 0 Å². The van der Waals surface area contributed by atoms with Crippen LogP contribution in [0.25, 0.3) is 0 Å². The summed E-state index contributed by atoms with van der Waals surface area (Å²) in [5.41, 5.74) is 0. The van der Waals surface area contributed by atoms with E-state index in [2.05, 4.69) is 45.9 Å². The first-order chi connectivity index (χ1) is 2.63. The van der Waals surface area contributed by atoms with Gasteiger partial charge in [0.15, 0.2) is 4.35 Å². The van der Waals surface area contributed by atoms with Crippen LogP contribution >= 0.6 is 45.9 Å². The van der Waals surface area contributed by atoms with Crippen LogP contribution in [0.2, 0.25) is 0 Å². The Labute approximate surface area is 64.6 Å². The van der Waals surface area contributed by atoms with Gasteiger partial charge in [0.2, 0.25) is 0 Å². The molecule has 0 bridgehead atoms. The molecule has 1 heterocycles. The summed E-state index contributed by atoms with van der Waals surface area (Å²) in [5, 5.41) is 0. The Hall–Kier alpha value is 2.09. The van der Waals surface area contributed by atoms with Crippen LogP contribution in [-0.2, 0) is 0 Å². The van der Waals surface area contributed by atoms with Crippen molar-refractivity contribution < 1.29 is 0 Å². The van der Waals surface area contributed by atoms with Crippen molar-refractivity contribution in [3.63, 3.8) is 0 Å². The third kappa shape index (κ3) is 1.28. The smallest absolute Gasteiger partial charge is 0.135 e. The SMILES string of the molecule is Br[Si]1[Si][Si]1(Br)Br. The van der Waals surface area contributed by atoms with E-state index in [0.717, 1.165) is 0 Å². The van der Waals surface area contributed by atoms with Gasteiger partial charge in [-0.3, -0.25) is 0 Å². The number of hydrogen-bond acceptors (Lipinski definition) is 0. The van der Waals surface area contributed by atoms with Crippen LogP contribution in [0.5, 0.6) is 0 Å². The monoisotopic (exact) mass is 321 g/mol. The third-order valence-electron chi connectivity index (χ3n) is 0.480. The lowest BCUT2D eigenvalue weighted by Gasteiger charge is -1.81. The fourth-order valence-electron chi connectivity index (χ4n) is 0.107. The fraction of sp³-hybridized carbons (Fsp3) is 0. The molecule has 0 N–H and O–H groups in total. The highest BCUT2D eigenvalue weighted by molar-refractivity contribution is 9.62. The quantitative estimate of drug-likeness (QED) is 0.467. The maximum absolute atomic E-state index is 3.62. The van der Waals surface area contributed by atoms with E-state index in [0.29, 0.717) is 0 Å². The van der Waals surface area contributed by atoms with E-state index >= 15 is 0 Å². The average Bonchev–Trinajstić information content (AvgIpc) is 1.73. The van der Waals surface area contributed by atoms with Crippen molar-refractivity contribution in [3.05, 3.63) is 0 Å². The molecule has 0 nitrogen and oxygen atoms in total.